The highest BCUT2D eigenvalue weighted by Gasteiger charge is 2.21. The van der Waals surface area contributed by atoms with E-state index in [2.05, 4.69) is 37.0 Å². The Morgan fingerprint density at radius 3 is 2.42 bits per heavy atom. The molecule has 0 spiro atoms. The number of rotatable bonds is 5. The maximum Gasteiger partial charge on any atom is 0.225 e. The fraction of sp³-hybridized carbons (Fsp3) is 0.667. The first-order valence-electron chi connectivity index (χ1n) is 9.61. The third kappa shape index (κ3) is 4.83. The van der Waals surface area contributed by atoms with Crippen molar-refractivity contribution >= 4 is 17.8 Å². The molecule has 1 N–H and O–H groups in total. The van der Waals surface area contributed by atoms with Gasteiger partial charge in [-0.3, -0.25) is 9.79 Å². The Bertz CT molecular complexity index is 593. The average Bonchev–Trinajstić information content (AvgIpc) is 3.23. The third-order valence-corrected chi connectivity index (χ3v) is 4.80. The summed E-state index contributed by atoms with van der Waals surface area (Å²) >= 11 is 0. The fourth-order valence-electron chi connectivity index (χ4n) is 3.38. The second kappa shape index (κ2) is 9.35. The molecule has 2 aliphatic heterocycles. The maximum atomic E-state index is 12.2. The lowest BCUT2D eigenvalue weighted by Crippen LogP contribution is -2.53. The predicted molar refractivity (Wildman–Crippen MR) is 102 cm³/mol. The standard InChI is InChI=1S/C18H29N7O/c1-2-19-17(22-9-6-16(26)23-10-3-4-11-23)24-12-14-25(15-13-24)18-20-7-5-8-21-18/h5,7-8H,2-4,6,9-15H2,1H3,(H,19,22). The molecule has 8 nitrogen and oxygen atoms in total. The normalized spacial score (nSPS) is 18.3. The van der Waals surface area contributed by atoms with E-state index in [1.54, 1.807) is 12.4 Å². The SMILES string of the molecule is CCNC(=NCCC(=O)N1CCCC1)N1CCN(c2ncccn2)CC1. The van der Waals surface area contributed by atoms with Crippen LogP contribution in [-0.2, 0) is 4.79 Å². The lowest BCUT2D eigenvalue weighted by molar-refractivity contribution is -0.129. The first-order valence-corrected chi connectivity index (χ1v) is 9.61. The average molecular weight is 359 g/mol. The molecular weight excluding hydrogens is 330 g/mol. The van der Waals surface area contributed by atoms with E-state index in [1.165, 1.54) is 0 Å². The summed E-state index contributed by atoms with van der Waals surface area (Å²) in [5.41, 5.74) is 0. The number of amides is 1. The van der Waals surface area contributed by atoms with Crippen LogP contribution in [0, 0.1) is 0 Å². The highest BCUT2D eigenvalue weighted by Crippen LogP contribution is 2.11. The number of hydrogen-bond acceptors (Lipinski definition) is 5. The fourth-order valence-corrected chi connectivity index (χ4v) is 3.38. The van der Waals surface area contributed by atoms with Crippen molar-refractivity contribution in [2.45, 2.75) is 26.2 Å². The summed E-state index contributed by atoms with van der Waals surface area (Å²) < 4.78 is 0. The summed E-state index contributed by atoms with van der Waals surface area (Å²) in [6.07, 6.45) is 6.31. The number of carbonyl (C=O) groups is 1. The lowest BCUT2D eigenvalue weighted by atomic mass is 10.3. The molecule has 0 aromatic carbocycles. The molecule has 2 aliphatic rings. The van der Waals surface area contributed by atoms with Gasteiger partial charge >= 0.3 is 0 Å². The molecule has 1 amide bonds. The number of likely N-dealkylation sites (tertiary alicyclic amines) is 1. The van der Waals surface area contributed by atoms with Gasteiger partial charge in [-0.05, 0) is 25.8 Å². The van der Waals surface area contributed by atoms with Crippen molar-refractivity contribution in [1.29, 1.82) is 0 Å². The number of nitrogens with zero attached hydrogens (tertiary/aromatic N) is 6. The topological polar surface area (TPSA) is 77.0 Å². The number of nitrogens with one attached hydrogen (secondary N) is 1. The van der Waals surface area contributed by atoms with Gasteiger partial charge in [-0.2, -0.15) is 0 Å². The molecule has 0 unspecified atom stereocenters. The second-order valence-electron chi connectivity index (χ2n) is 6.60. The highest BCUT2D eigenvalue weighted by atomic mass is 16.2. The van der Waals surface area contributed by atoms with E-state index < -0.39 is 0 Å². The minimum Gasteiger partial charge on any atom is -0.357 e. The molecule has 0 atom stereocenters. The molecule has 0 bridgehead atoms. The number of anilines is 1. The Hall–Kier alpha value is -2.38. The summed E-state index contributed by atoms with van der Waals surface area (Å²) in [5, 5.41) is 3.35. The van der Waals surface area contributed by atoms with Gasteiger partial charge in [0.05, 0.1) is 6.54 Å². The van der Waals surface area contributed by atoms with Crippen LogP contribution in [0.5, 0.6) is 0 Å². The molecule has 8 heteroatoms. The van der Waals surface area contributed by atoms with Gasteiger partial charge in [0, 0.05) is 64.6 Å². The van der Waals surface area contributed by atoms with Crippen molar-refractivity contribution in [2.24, 2.45) is 4.99 Å². The molecular formula is C18H29N7O. The molecule has 2 saturated heterocycles. The zero-order chi connectivity index (χ0) is 18.2. The van der Waals surface area contributed by atoms with Gasteiger partial charge in [0.25, 0.3) is 0 Å². The van der Waals surface area contributed by atoms with Gasteiger partial charge in [0.2, 0.25) is 11.9 Å². The highest BCUT2D eigenvalue weighted by molar-refractivity contribution is 5.81. The number of aliphatic imine (C=N–C) groups is 1. The molecule has 1 aromatic heterocycles. The number of aromatic nitrogens is 2. The Kier molecular flexibility index (Phi) is 6.62. The van der Waals surface area contributed by atoms with Crippen LogP contribution >= 0.6 is 0 Å². The van der Waals surface area contributed by atoms with Crippen LogP contribution in [0.3, 0.4) is 0 Å². The van der Waals surface area contributed by atoms with Gasteiger partial charge in [-0.1, -0.05) is 0 Å². The maximum absolute atomic E-state index is 12.2. The summed E-state index contributed by atoms with van der Waals surface area (Å²) in [6, 6.07) is 1.83. The number of guanidine groups is 1. The van der Waals surface area contributed by atoms with Gasteiger partial charge in [-0.15, -0.1) is 0 Å². The van der Waals surface area contributed by atoms with Gasteiger partial charge < -0.3 is 20.0 Å². The van der Waals surface area contributed by atoms with Crippen LogP contribution in [-0.4, -0.2) is 84.0 Å². The quantitative estimate of drug-likeness (QED) is 0.612. The first-order chi connectivity index (χ1) is 12.8. The second-order valence-corrected chi connectivity index (χ2v) is 6.60. The van der Waals surface area contributed by atoms with Crippen molar-refractivity contribution in [3.05, 3.63) is 18.5 Å². The zero-order valence-corrected chi connectivity index (χ0v) is 15.6. The largest absolute Gasteiger partial charge is 0.357 e. The monoisotopic (exact) mass is 359 g/mol. The summed E-state index contributed by atoms with van der Waals surface area (Å²) in [7, 11) is 0. The minimum atomic E-state index is 0.230. The number of carbonyl (C=O) groups excluding carboxylic acids is 1. The Labute approximate surface area is 155 Å². The van der Waals surface area contributed by atoms with Crippen LogP contribution < -0.4 is 10.2 Å². The van der Waals surface area contributed by atoms with Crippen molar-refractivity contribution in [2.75, 3.05) is 57.3 Å². The van der Waals surface area contributed by atoms with Crippen molar-refractivity contribution in [1.82, 2.24) is 25.1 Å². The van der Waals surface area contributed by atoms with Gasteiger partial charge in [0.15, 0.2) is 5.96 Å². The van der Waals surface area contributed by atoms with Gasteiger partial charge in [-0.25, -0.2) is 9.97 Å². The number of hydrogen-bond donors (Lipinski definition) is 1. The molecule has 142 valence electrons. The molecule has 2 fully saturated rings. The smallest absolute Gasteiger partial charge is 0.225 e. The summed E-state index contributed by atoms with van der Waals surface area (Å²) in [4.78, 5) is 31.9. The van der Waals surface area contributed by atoms with Crippen LogP contribution in [0.25, 0.3) is 0 Å². The molecule has 0 aliphatic carbocycles. The third-order valence-electron chi connectivity index (χ3n) is 4.80. The lowest BCUT2D eigenvalue weighted by Gasteiger charge is -2.36. The van der Waals surface area contributed by atoms with Crippen LogP contribution in [0.15, 0.2) is 23.5 Å². The van der Waals surface area contributed by atoms with Crippen LogP contribution in [0.2, 0.25) is 0 Å². The Balaban J connectivity index is 1.50. The zero-order valence-electron chi connectivity index (χ0n) is 15.6. The van der Waals surface area contributed by atoms with E-state index in [9.17, 15) is 4.79 Å². The van der Waals surface area contributed by atoms with Crippen molar-refractivity contribution in [3.8, 4) is 0 Å². The molecule has 3 heterocycles. The van der Waals surface area contributed by atoms with Gasteiger partial charge in [0.1, 0.15) is 0 Å². The Morgan fingerprint density at radius 1 is 1.08 bits per heavy atom. The van der Waals surface area contributed by atoms with E-state index in [0.29, 0.717) is 13.0 Å². The van der Waals surface area contributed by atoms with Crippen molar-refractivity contribution < 1.29 is 4.79 Å². The molecule has 1 aromatic rings. The van der Waals surface area contributed by atoms with Crippen LogP contribution in [0.1, 0.15) is 26.2 Å². The predicted octanol–water partition coefficient (Wildman–Crippen LogP) is 0.577. The van der Waals surface area contributed by atoms with E-state index in [1.807, 2.05) is 11.0 Å². The summed E-state index contributed by atoms with van der Waals surface area (Å²) in [6.45, 7) is 8.70. The van der Waals surface area contributed by atoms with Crippen molar-refractivity contribution in [3.63, 3.8) is 0 Å². The van der Waals surface area contributed by atoms with Crippen LogP contribution in [0.4, 0.5) is 5.95 Å². The molecule has 0 saturated carbocycles. The Morgan fingerprint density at radius 2 is 1.77 bits per heavy atom. The van der Waals surface area contributed by atoms with E-state index in [4.69, 9.17) is 0 Å². The van der Waals surface area contributed by atoms with E-state index >= 15 is 0 Å². The molecule has 0 radical (unpaired) electrons. The first kappa shape index (κ1) is 18.4. The minimum absolute atomic E-state index is 0.230. The summed E-state index contributed by atoms with van der Waals surface area (Å²) in [5.74, 6) is 1.91. The van der Waals surface area contributed by atoms with E-state index in [-0.39, 0.29) is 5.91 Å². The van der Waals surface area contributed by atoms with E-state index in [0.717, 1.165) is 70.6 Å². The number of piperazine rings is 1. The molecule has 26 heavy (non-hydrogen) atoms. The molecule has 3 rings (SSSR count).